The van der Waals surface area contributed by atoms with Crippen LogP contribution in [0.3, 0.4) is 0 Å². The van der Waals surface area contributed by atoms with Gasteiger partial charge in [0.05, 0.1) is 19.8 Å². The zero-order chi connectivity index (χ0) is 11.3. The minimum Gasteiger partial charge on any atom is -0.394 e. The van der Waals surface area contributed by atoms with Crippen molar-refractivity contribution in [1.82, 2.24) is 4.98 Å². The predicted octanol–water partition coefficient (Wildman–Crippen LogP) is -0.652. The smallest absolute Gasteiger partial charge is 0.214 e. The van der Waals surface area contributed by atoms with E-state index in [-0.39, 0.29) is 5.82 Å². The van der Waals surface area contributed by atoms with E-state index in [9.17, 15) is 4.39 Å². The minimum atomic E-state index is -1.29. The van der Waals surface area contributed by atoms with Crippen molar-refractivity contribution in [2.45, 2.75) is 5.54 Å². The topological polar surface area (TPSA) is 85.6 Å². The molecule has 5 nitrogen and oxygen atoms in total. The number of aliphatic hydroxyl groups is 3. The zero-order valence-electron chi connectivity index (χ0n) is 8.02. The van der Waals surface area contributed by atoms with Crippen molar-refractivity contribution in [2.24, 2.45) is 0 Å². The highest BCUT2D eigenvalue weighted by atomic mass is 19.1. The van der Waals surface area contributed by atoms with Crippen LogP contribution in [0.25, 0.3) is 0 Å². The van der Waals surface area contributed by atoms with Gasteiger partial charge in [-0.25, -0.2) is 4.98 Å². The highest BCUT2D eigenvalue weighted by molar-refractivity contribution is 5.37. The molecule has 0 radical (unpaired) electrons. The molecule has 0 aliphatic rings. The Bertz CT molecular complexity index is 310. The van der Waals surface area contributed by atoms with Gasteiger partial charge >= 0.3 is 0 Å². The Labute approximate surface area is 86.2 Å². The molecule has 0 spiro atoms. The summed E-state index contributed by atoms with van der Waals surface area (Å²) >= 11 is 0. The molecule has 1 aromatic heterocycles. The van der Waals surface area contributed by atoms with Crippen LogP contribution in [0, 0.1) is 5.95 Å². The molecule has 1 heterocycles. The molecule has 0 aliphatic heterocycles. The van der Waals surface area contributed by atoms with Crippen molar-refractivity contribution in [2.75, 3.05) is 25.1 Å². The van der Waals surface area contributed by atoms with Crippen molar-refractivity contribution in [3.05, 3.63) is 24.1 Å². The minimum absolute atomic E-state index is 0.146. The van der Waals surface area contributed by atoms with Crippen molar-refractivity contribution in [3.8, 4) is 0 Å². The fourth-order valence-corrected chi connectivity index (χ4v) is 1.02. The molecule has 0 unspecified atom stereocenters. The maximum Gasteiger partial charge on any atom is 0.214 e. The van der Waals surface area contributed by atoms with Crippen LogP contribution in [0.1, 0.15) is 0 Å². The summed E-state index contributed by atoms with van der Waals surface area (Å²) in [5.41, 5.74) is -1.29. The molecule has 1 rings (SSSR count). The molecular weight excluding hydrogens is 203 g/mol. The van der Waals surface area contributed by atoms with E-state index in [4.69, 9.17) is 15.3 Å². The normalized spacial score (nSPS) is 11.5. The van der Waals surface area contributed by atoms with Gasteiger partial charge in [0.25, 0.3) is 0 Å². The van der Waals surface area contributed by atoms with Crippen LogP contribution < -0.4 is 5.32 Å². The molecule has 0 saturated heterocycles. The number of hydrogen-bond donors (Lipinski definition) is 4. The van der Waals surface area contributed by atoms with E-state index in [0.717, 1.165) is 0 Å². The molecule has 0 atom stereocenters. The lowest BCUT2D eigenvalue weighted by molar-refractivity contribution is 0.0830. The van der Waals surface area contributed by atoms with Gasteiger partial charge in [0.1, 0.15) is 11.4 Å². The first kappa shape index (κ1) is 11.8. The van der Waals surface area contributed by atoms with E-state index in [0.29, 0.717) is 0 Å². The fourth-order valence-electron chi connectivity index (χ4n) is 1.02. The van der Waals surface area contributed by atoms with Crippen LogP contribution in [0.4, 0.5) is 10.2 Å². The summed E-state index contributed by atoms with van der Waals surface area (Å²) in [6.45, 7) is -1.46. The first-order valence-electron chi connectivity index (χ1n) is 4.39. The number of nitrogens with one attached hydrogen (secondary N) is 1. The molecule has 0 aliphatic carbocycles. The van der Waals surface area contributed by atoms with Gasteiger partial charge in [-0.15, -0.1) is 0 Å². The van der Waals surface area contributed by atoms with E-state index in [1.807, 2.05) is 0 Å². The number of aromatic nitrogens is 1. The van der Waals surface area contributed by atoms with E-state index in [1.165, 1.54) is 18.2 Å². The van der Waals surface area contributed by atoms with Gasteiger partial charge in [0.15, 0.2) is 0 Å². The van der Waals surface area contributed by atoms with Crippen LogP contribution in [0.5, 0.6) is 0 Å². The Hall–Kier alpha value is -1.24. The second kappa shape index (κ2) is 5.01. The average Bonchev–Trinajstić information content (AvgIpc) is 2.26. The van der Waals surface area contributed by atoms with Gasteiger partial charge in [0.2, 0.25) is 5.95 Å². The first-order chi connectivity index (χ1) is 7.15. The monoisotopic (exact) mass is 216 g/mol. The number of nitrogens with zero attached hydrogens (tertiary/aromatic N) is 1. The average molecular weight is 216 g/mol. The van der Waals surface area contributed by atoms with Gasteiger partial charge in [-0.1, -0.05) is 6.07 Å². The lowest BCUT2D eigenvalue weighted by Crippen LogP contribution is -2.49. The first-order valence-corrected chi connectivity index (χ1v) is 4.39. The number of halogens is 1. The summed E-state index contributed by atoms with van der Waals surface area (Å²) in [5.74, 6) is -0.533. The van der Waals surface area contributed by atoms with E-state index in [2.05, 4.69) is 10.3 Å². The van der Waals surface area contributed by atoms with E-state index < -0.39 is 31.3 Å². The lowest BCUT2D eigenvalue weighted by atomic mass is 10.0. The Balaban J connectivity index is 2.82. The Morgan fingerprint density at radius 3 is 2.27 bits per heavy atom. The quantitative estimate of drug-likeness (QED) is 0.491. The molecule has 0 bridgehead atoms. The van der Waals surface area contributed by atoms with Crippen molar-refractivity contribution < 1.29 is 19.7 Å². The van der Waals surface area contributed by atoms with Crippen LogP contribution in [0.2, 0.25) is 0 Å². The van der Waals surface area contributed by atoms with Crippen molar-refractivity contribution >= 4 is 5.82 Å². The molecule has 0 fully saturated rings. The summed E-state index contributed by atoms with van der Waals surface area (Å²) < 4.78 is 12.7. The number of hydrogen-bond acceptors (Lipinski definition) is 5. The van der Waals surface area contributed by atoms with Gasteiger partial charge in [0, 0.05) is 0 Å². The lowest BCUT2D eigenvalue weighted by Gasteiger charge is -2.29. The summed E-state index contributed by atoms with van der Waals surface area (Å²) in [7, 11) is 0. The predicted molar refractivity (Wildman–Crippen MR) is 51.8 cm³/mol. The molecule has 0 aromatic carbocycles. The van der Waals surface area contributed by atoms with E-state index >= 15 is 0 Å². The molecule has 6 heteroatoms. The largest absolute Gasteiger partial charge is 0.394 e. The third-order valence-corrected chi connectivity index (χ3v) is 2.02. The summed E-state index contributed by atoms with van der Waals surface area (Å²) in [6.07, 6.45) is 0. The Morgan fingerprint density at radius 2 is 1.80 bits per heavy atom. The highest BCUT2D eigenvalue weighted by Gasteiger charge is 2.28. The number of rotatable bonds is 5. The molecule has 84 valence electrons. The Morgan fingerprint density at radius 1 is 1.20 bits per heavy atom. The van der Waals surface area contributed by atoms with Crippen LogP contribution >= 0.6 is 0 Å². The molecular formula is C9H13FN2O3. The summed E-state index contributed by atoms with van der Waals surface area (Å²) in [6, 6.07) is 4.07. The van der Waals surface area contributed by atoms with Crippen LogP contribution in [0.15, 0.2) is 18.2 Å². The molecule has 4 N–H and O–H groups in total. The SMILES string of the molecule is OCC(CO)(CO)Nc1cccc(F)n1. The molecule has 0 saturated carbocycles. The maximum atomic E-state index is 12.7. The van der Waals surface area contributed by atoms with Crippen molar-refractivity contribution in [3.63, 3.8) is 0 Å². The highest BCUT2D eigenvalue weighted by Crippen LogP contribution is 2.12. The second-order valence-electron chi connectivity index (χ2n) is 3.23. The maximum absolute atomic E-state index is 12.7. The van der Waals surface area contributed by atoms with Gasteiger partial charge in [-0.05, 0) is 12.1 Å². The van der Waals surface area contributed by atoms with Crippen molar-refractivity contribution in [1.29, 1.82) is 0 Å². The number of anilines is 1. The summed E-state index contributed by atoms with van der Waals surface area (Å²) in [4.78, 5) is 3.49. The molecule has 1 aromatic rings. The van der Waals surface area contributed by atoms with E-state index in [1.54, 1.807) is 0 Å². The standard InChI is InChI=1S/C9H13FN2O3/c10-7-2-1-3-8(11-7)12-9(4-13,5-14)6-15/h1-3,13-15H,4-6H2,(H,11,12). The van der Waals surface area contributed by atoms with Gasteiger partial charge in [-0.2, -0.15) is 4.39 Å². The summed E-state index contributed by atoms with van der Waals surface area (Å²) in [5, 5.41) is 29.6. The van der Waals surface area contributed by atoms with Gasteiger partial charge in [-0.3, -0.25) is 0 Å². The molecule has 15 heavy (non-hydrogen) atoms. The Kier molecular flexibility index (Phi) is 3.96. The second-order valence-corrected chi connectivity index (χ2v) is 3.23. The number of pyridine rings is 1. The van der Waals surface area contributed by atoms with Gasteiger partial charge < -0.3 is 20.6 Å². The zero-order valence-corrected chi connectivity index (χ0v) is 8.02. The third kappa shape index (κ3) is 2.85. The van der Waals surface area contributed by atoms with Crippen LogP contribution in [-0.2, 0) is 0 Å². The van der Waals surface area contributed by atoms with Crippen LogP contribution in [-0.4, -0.2) is 45.7 Å². The molecule has 0 amide bonds. The fraction of sp³-hybridized carbons (Fsp3) is 0.444. The third-order valence-electron chi connectivity index (χ3n) is 2.02. The number of aliphatic hydroxyl groups excluding tert-OH is 3.